The molecule has 1 heterocycles. The van der Waals surface area contributed by atoms with Crippen LogP contribution in [0.15, 0.2) is 23.2 Å². The summed E-state index contributed by atoms with van der Waals surface area (Å²) in [6.07, 6.45) is 1.08. The van der Waals surface area contributed by atoms with Crippen molar-refractivity contribution in [3.63, 3.8) is 0 Å². The predicted molar refractivity (Wildman–Crippen MR) is 121 cm³/mol. The maximum absolute atomic E-state index is 5.15. The van der Waals surface area contributed by atoms with Crippen LogP contribution in [-0.2, 0) is 6.54 Å². The maximum atomic E-state index is 5.15. The fourth-order valence-corrected chi connectivity index (χ4v) is 2.74. The number of nitrogens with one attached hydrogen (secondary N) is 2. The highest BCUT2D eigenvalue weighted by atomic mass is 127. The van der Waals surface area contributed by atoms with Gasteiger partial charge in [-0.3, -0.25) is 4.90 Å². The fraction of sp³-hybridized carbons (Fsp3) is 0.684. The number of pyridine rings is 1. The normalized spacial score (nSPS) is 11.7. The summed E-state index contributed by atoms with van der Waals surface area (Å²) in [7, 11) is 1.62. The Morgan fingerprint density at radius 1 is 1.19 bits per heavy atom. The van der Waals surface area contributed by atoms with Gasteiger partial charge in [0.05, 0.1) is 19.3 Å². The van der Waals surface area contributed by atoms with Gasteiger partial charge in [-0.1, -0.05) is 6.07 Å². The minimum absolute atomic E-state index is 0. The van der Waals surface area contributed by atoms with E-state index >= 15 is 0 Å². The van der Waals surface area contributed by atoms with Gasteiger partial charge >= 0.3 is 0 Å². The third kappa shape index (κ3) is 9.56. The zero-order valence-corrected chi connectivity index (χ0v) is 19.4. The lowest BCUT2D eigenvalue weighted by atomic mass is 10.2. The molecule has 0 atom stereocenters. The van der Waals surface area contributed by atoms with E-state index in [9.17, 15) is 0 Å². The van der Waals surface area contributed by atoms with Gasteiger partial charge in [-0.15, -0.1) is 24.0 Å². The molecule has 6 nitrogen and oxygen atoms in total. The summed E-state index contributed by atoms with van der Waals surface area (Å²) in [5, 5.41) is 6.69. The van der Waals surface area contributed by atoms with Crippen LogP contribution in [0.1, 0.15) is 46.7 Å². The van der Waals surface area contributed by atoms with E-state index in [2.05, 4.69) is 60.1 Å². The second kappa shape index (κ2) is 14.0. The molecule has 1 aromatic heterocycles. The Hall–Kier alpha value is -1.09. The van der Waals surface area contributed by atoms with Gasteiger partial charge < -0.3 is 15.4 Å². The molecule has 0 aromatic carbocycles. The minimum atomic E-state index is 0. The minimum Gasteiger partial charge on any atom is -0.481 e. The number of hydrogen-bond donors (Lipinski definition) is 2. The zero-order chi connectivity index (χ0) is 18.7. The Kier molecular flexibility index (Phi) is 13.4. The molecule has 0 radical (unpaired) electrons. The van der Waals surface area contributed by atoms with E-state index < -0.39 is 0 Å². The smallest absolute Gasteiger partial charge is 0.213 e. The topological polar surface area (TPSA) is 61.8 Å². The first-order valence-corrected chi connectivity index (χ1v) is 9.25. The van der Waals surface area contributed by atoms with Crippen LogP contribution in [-0.4, -0.2) is 54.7 Å². The lowest BCUT2D eigenvalue weighted by Gasteiger charge is -2.30. The van der Waals surface area contributed by atoms with Crippen LogP contribution in [0.25, 0.3) is 0 Å². The molecule has 0 bridgehead atoms. The molecule has 1 aromatic rings. The molecule has 26 heavy (non-hydrogen) atoms. The van der Waals surface area contributed by atoms with Gasteiger partial charge in [-0.05, 0) is 47.1 Å². The standard InChI is InChI=1S/C19H35N5O.HI/c1-7-20-19(21-12-9-13-24(15(2)3)16(4)5)22-14-17-10-8-11-18(23-17)25-6;/h8,10-11,15-16H,7,9,12-14H2,1-6H3,(H2,20,21,22);1H. The Balaban J connectivity index is 0.00000625. The monoisotopic (exact) mass is 477 g/mol. The molecular weight excluding hydrogens is 441 g/mol. The molecule has 0 fully saturated rings. The molecule has 0 spiro atoms. The molecule has 0 saturated carbocycles. The molecule has 7 heteroatoms. The van der Waals surface area contributed by atoms with E-state index in [0.717, 1.165) is 37.7 Å². The second-order valence-electron chi connectivity index (χ2n) is 6.57. The summed E-state index contributed by atoms with van der Waals surface area (Å²) in [6.45, 7) is 14.4. The summed E-state index contributed by atoms with van der Waals surface area (Å²) < 4.78 is 5.15. The van der Waals surface area contributed by atoms with Crippen LogP contribution in [0, 0.1) is 0 Å². The number of rotatable bonds is 10. The summed E-state index contributed by atoms with van der Waals surface area (Å²) in [4.78, 5) is 11.5. The molecule has 1 rings (SSSR count). The Morgan fingerprint density at radius 3 is 2.46 bits per heavy atom. The Morgan fingerprint density at radius 2 is 1.88 bits per heavy atom. The molecule has 0 aliphatic carbocycles. The third-order valence-corrected chi connectivity index (χ3v) is 3.95. The molecule has 0 saturated heterocycles. The number of ether oxygens (including phenoxy) is 1. The number of guanidine groups is 1. The van der Waals surface area contributed by atoms with Crippen LogP contribution in [0.5, 0.6) is 5.88 Å². The first-order valence-electron chi connectivity index (χ1n) is 9.25. The number of aliphatic imine (C=N–C) groups is 1. The average Bonchev–Trinajstić information content (AvgIpc) is 2.58. The molecule has 150 valence electrons. The number of nitrogens with zero attached hydrogens (tertiary/aromatic N) is 3. The Labute approximate surface area is 176 Å². The molecule has 0 unspecified atom stereocenters. The largest absolute Gasteiger partial charge is 0.481 e. The average molecular weight is 477 g/mol. The van der Waals surface area contributed by atoms with E-state index in [1.807, 2.05) is 18.2 Å². The number of hydrogen-bond acceptors (Lipinski definition) is 4. The van der Waals surface area contributed by atoms with Gasteiger partial charge in [0.25, 0.3) is 0 Å². The molecule has 0 amide bonds. The van der Waals surface area contributed by atoms with Crippen molar-refractivity contribution in [1.82, 2.24) is 20.5 Å². The van der Waals surface area contributed by atoms with Gasteiger partial charge in [0.15, 0.2) is 5.96 Å². The van der Waals surface area contributed by atoms with E-state index in [-0.39, 0.29) is 24.0 Å². The van der Waals surface area contributed by atoms with E-state index in [1.165, 1.54) is 0 Å². The van der Waals surface area contributed by atoms with Gasteiger partial charge in [-0.25, -0.2) is 9.98 Å². The lowest BCUT2D eigenvalue weighted by Crippen LogP contribution is -2.41. The number of methoxy groups -OCH3 is 1. The first-order chi connectivity index (χ1) is 12.0. The summed E-state index contributed by atoms with van der Waals surface area (Å²) in [5.41, 5.74) is 0.891. The van der Waals surface area contributed by atoms with E-state index in [1.54, 1.807) is 7.11 Å². The van der Waals surface area contributed by atoms with Crippen molar-refractivity contribution in [1.29, 1.82) is 0 Å². The third-order valence-electron chi connectivity index (χ3n) is 3.95. The molecular formula is C19H36IN5O. The van der Waals surface area contributed by atoms with E-state index in [0.29, 0.717) is 24.5 Å². The van der Waals surface area contributed by atoms with Gasteiger partial charge in [0.1, 0.15) is 0 Å². The quantitative estimate of drug-likeness (QED) is 0.235. The van der Waals surface area contributed by atoms with Gasteiger partial charge in [0, 0.05) is 37.8 Å². The van der Waals surface area contributed by atoms with E-state index in [4.69, 9.17) is 4.74 Å². The van der Waals surface area contributed by atoms with Crippen molar-refractivity contribution in [2.24, 2.45) is 4.99 Å². The van der Waals surface area contributed by atoms with Gasteiger partial charge in [-0.2, -0.15) is 0 Å². The lowest BCUT2D eigenvalue weighted by molar-refractivity contribution is 0.173. The summed E-state index contributed by atoms with van der Waals surface area (Å²) in [5.74, 6) is 1.45. The van der Waals surface area contributed by atoms with Crippen molar-refractivity contribution in [2.75, 3.05) is 26.7 Å². The molecule has 0 aliphatic heterocycles. The van der Waals surface area contributed by atoms with Crippen molar-refractivity contribution in [3.05, 3.63) is 23.9 Å². The van der Waals surface area contributed by atoms with Crippen molar-refractivity contribution >= 4 is 29.9 Å². The highest BCUT2D eigenvalue weighted by molar-refractivity contribution is 14.0. The fourth-order valence-electron chi connectivity index (χ4n) is 2.74. The van der Waals surface area contributed by atoms with Crippen molar-refractivity contribution < 1.29 is 4.74 Å². The Bertz CT molecular complexity index is 514. The SMILES string of the molecule is CCNC(=NCc1cccc(OC)n1)NCCCN(C(C)C)C(C)C.I. The summed E-state index contributed by atoms with van der Waals surface area (Å²) in [6, 6.07) is 6.87. The van der Waals surface area contributed by atoms with Crippen LogP contribution in [0.4, 0.5) is 0 Å². The van der Waals surface area contributed by atoms with Crippen molar-refractivity contribution in [3.8, 4) is 5.88 Å². The molecule has 0 aliphatic rings. The van der Waals surface area contributed by atoms with Crippen LogP contribution >= 0.6 is 24.0 Å². The maximum Gasteiger partial charge on any atom is 0.213 e. The van der Waals surface area contributed by atoms with Crippen LogP contribution in [0.3, 0.4) is 0 Å². The second-order valence-corrected chi connectivity index (χ2v) is 6.57. The zero-order valence-electron chi connectivity index (χ0n) is 17.1. The van der Waals surface area contributed by atoms with Crippen LogP contribution < -0.4 is 15.4 Å². The highest BCUT2D eigenvalue weighted by Gasteiger charge is 2.12. The molecule has 2 N–H and O–H groups in total. The predicted octanol–water partition coefficient (Wildman–Crippen LogP) is 3.27. The van der Waals surface area contributed by atoms with Gasteiger partial charge in [0.2, 0.25) is 5.88 Å². The van der Waals surface area contributed by atoms with Crippen LogP contribution in [0.2, 0.25) is 0 Å². The first kappa shape index (κ1) is 24.9. The highest BCUT2D eigenvalue weighted by Crippen LogP contribution is 2.07. The van der Waals surface area contributed by atoms with Crippen molar-refractivity contribution in [2.45, 2.75) is 59.7 Å². The summed E-state index contributed by atoms with van der Waals surface area (Å²) >= 11 is 0. The number of halogens is 1. The number of aromatic nitrogens is 1.